The van der Waals surface area contributed by atoms with Crippen LogP contribution in [0.3, 0.4) is 0 Å². The fraction of sp³-hybridized carbons (Fsp3) is 0.500. The van der Waals surface area contributed by atoms with Gasteiger partial charge in [0.1, 0.15) is 5.82 Å². The number of piperidine rings is 1. The third kappa shape index (κ3) is 2.31. The Morgan fingerprint density at radius 3 is 2.86 bits per heavy atom. The van der Waals surface area contributed by atoms with Crippen LogP contribution in [0.5, 0.6) is 0 Å². The summed E-state index contributed by atoms with van der Waals surface area (Å²) in [5.74, 6) is 0.0168. The van der Waals surface area contributed by atoms with E-state index in [-0.39, 0.29) is 0 Å². The van der Waals surface area contributed by atoms with E-state index in [4.69, 9.17) is 0 Å². The number of hydrogen-bond acceptors (Lipinski definition) is 3. The van der Waals surface area contributed by atoms with Crippen LogP contribution in [-0.2, 0) is 0 Å². The second kappa shape index (κ2) is 5.15. The largest absolute Gasteiger partial charge is 0.478 e. The van der Waals surface area contributed by atoms with Crippen LogP contribution < -0.4 is 0 Å². The zero-order chi connectivity index (χ0) is 15.1. The molecule has 2 atom stereocenters. The van der Waals surface area contributed by atoms with Gasteiger partial charge in [-0.25, -0.2) is 9.78 Å². The molecule has 2 heterocycles. The highest BCUT2D eigenvalue weighted by Gasteiger charge is 2.27. The van der Waals surface area contributed by atoms with Gasteiger partial charge in [0.25, 0.3) is 0 Å². The lowest BCUT2D eigenvalue weighted by atomic mass is 9.98. The molecule has 3 rings (SSSR count). The smallest absolute Gasteiger partial charge is 0.337 e. The molecule has 1 aliphatic rings. The first-order chi connectivity index (χ1) is 9.99. The summed E-state index contributed by atoms with van der Waals surface area (Å²) in [6.45, 7) is 5.22. The van der Waals surface area contributed by atoms with Crippen molar-refractivity contribution in [2.75, 3.05) is 13.6 Å². The van der Waals surface area contributed by atoms with E-state index in [2.05, 4.69) is 28.4 Å². The number of hydrogen-bond donors (Lipinski definition) is 1. The number of aryl methyl sites for hydroxylation is 1. The molecule has 1 N–H and O–H groups in total. The number of likely N-dealkylation sites (tertiary alicyclic amines) is 1. The van der Waals surface area contributed by atoms with Crippen LogP contribution in [0.4, 0.5) is 0 Å². The van der Waals surface area contributed by atoms with Crippen LogP contribution in [-0.4, -0.2) is 45.2 Å². The number of aromatic carboxylic acids is 1. The lowest BCUT2D eigenvalue weighted by Gasteiger charge is -2.36. The molecule has 1 aromatic carbocycles. The van der Waals surface area contributed by atoms with Crippen molar-refractivity contribution in [2.45, 2.75) is 38.8 Å². The third-order valence-corrected chi connectivity index (χ3v) is 4.66. The van der Waals surface area contributed by atoms with Crippen LogP contribution in [0.25, 0.3) is 11.0 Å². The Balaban J connectivity index is 2.14. The molecule has 0 aliphatic carbocycles. The second-order valence-electron chi connectivity index (χ2n) is 6.02. The first-order valence-corrected chi connectivity index (χ1v) is 7.40. The monoisotopic (exact) mass is 287 g/mol. The summed E-state index contributed by atoms with van der Waals surface area (Å²) in [7, 11) is 2.14. The number of nitrogens with zero attached hydrogens (tertiary/aromatic N) is 3. The molecule has 0 spiro atoms. The van der Waals surface area contributed by atoms with Gasteiger partial charge >= 0.3 is 5.97 Å². The fourth-order valence-electron chi connectivity index (χ4n) is 3.38. The van der Waals surface area contributed by atoms with Crippen molar-refractivity contribution in [3.05, 3.63) is 29.6 Å². The average Bonchev–Trinajstić information content (AvgIpc) is 2.77. The minimum atomic E-state index is -0.886. The van der Waals surface area contributed by atoms with Crippen LogP contribution in [0.1, 0.15) is 42.0 Å². The highest BCUT2D eigenvalue weighted by atomic mass is 16.4. The number of carbonyl (C=O) groups is 1. The van der Waals surface area contributed by atoms with E-state index in [1.54, 1.807) is 12.1 Å². The summed E-state index contributed by atoms with van der Waals surface area (Å²) in [6, 6.07) is 6.14. The van der Waals surface area contributed by atoms with Gasteiger partial charge in [-0.05, 0) is 45.9 Å². The fourth-order valence-corrected chi connectivity index (χ4v) is 3.38. The first-order valence-electron chi connectivity index (χ1n) is 7.40. The van der Waals surface area contributed by atoms with Gasteiger partial charge in [-0.3, -0.25) is 0 Å². The van der Waals surface area contributed by atoms with Gasteiger partial charge in [-0.1, -0.05) is 6.07 Å². The van der Waals surface area contributed by atoms with Gasteiger partial charge < -0.3 is 14.6 Å². The third-order valence-electron chi connectivity index (χ3n) is 4.66. The zero-order valence-corrected chi connectivity index (χ0v) is 12.7. The molecule has 112 valence electrons. The molecule has 1 aliphatic heterocycles. The van der Waals surface area contributed by atoms with Crippen molar-refractivity contribution in [1.29, 1.82) is 0 Å². The van der Waals surface area contributed by atoms with Crippen molar-refractivity contribution in [3.63, 3.8) is 0 Å². The molecule has 2 aromatic rings. The number of carboxylic acids is 1. The molecule has 2 unspecified atom stereocenters. The Bertz CT molecular complexity index is 692. The standard InChI is InChI=1S/C16H21N3O2/c1-10-9-12(7-8-18(10)3)19-11(2)17-14-6-4-5-13(15(14)19)16(20)21/h4-6,10,12H,7-9H2,1-3H3,(H,20,21). The normalized spacial score (nSPS) is 23.6. The van der Waals surface area contributed by atoms with Gasteiger partial charge in [0.05, 0.1) is 16.6 Å². The van der Waals surface area contributed by atoms with E-state index in [1.165, 1.54) is 0 Å². The molecule has 1 fully saturated rings. The summed E-state index contributed by atoms with van der Waals surface area (Å²) in [5.41, 5.74) is 1.89. The number of carboxylic acid groups (broad SMARTS) is 1. The summed E-state index contributed by atoms with van der Waals surface area (Å²) >= 11 is 0. The Labute approximate surface area is 124 Å². The average molecular weight is 287 g/mol. The van der Waals surface area contributed by atoms with E-state index in [9.17, 15) is 9.90 Å². The van der Waals surface area contributed by atoms with E-state index in [0.717, 1.165) is 36.2 Å². The molecule has 0 bridgehead atoms. The van der Waals surface area contributed by atoms with Crippen LogP contribution in [0, 0.1) is 6.92 Å². The topological polar surface area (TPSA) is 58.4 Å². The van der Waals surface area contributed by atoms with E-state index >= 15 is 0 Å². The van der Waals surface area contributed by atoms with E-state index in [1.807, 2.05) is 13.0 Å². The molecule has 1 saturated heterocycles. The van der Waals surface area contributed by atoms with Crippen molar-refractivity contribution in [2.24, 2.45) is 0 Å². The minimum absolute atomic E-state index is 0.321. The number of para-hydroxylation sites is 1. The quantitative estimate of drug-likeness (QED) is 0.922. The predicted octanol–water partition coefficient (Wildman–Crippen LogP) is 2.70. The predicted molar refractivity (Wildman–Crippen MR) is 81.8 cm³/mol. The van der Waals surface area contributed by atoms with Gasteiger partial charge in [0, 0.05) is 18.6 Å². The second-order valence-corrected chi connectivity index (χ2v) is 6.02. The van der Waals surface area contributed by atoms with Gasteiger partial charge in [-0.15, -0.1) is 0 Å². The van der Waals surface area contributed by atoms with E-state index in [0.29, 0.717) is 17.6 Å². The molecular formula is C16H21N3O2. The Kier molecular flexibility index (Phi) is 3.45. The molecule has 1 aromatic heterocycles. The van der Waals surface area contributed by atoms with Gasteiger partial charge in [0.15, 0.2) is 0 Å². The van der Waals surface area contributed by atoms with Crippen molar-refractivity contribution in [1.82, 2.24) is 14.5 Å². The number of imidazole rings is 1. The lowest BCUT2D eigenvalue weighted by Crippen LogP contribution is -2.38. The SMILES string of the molecule is Cc1nc2cccc(C(=O)O)c2n1C1CCN(C)C(C)C1. The van der Waals surface area contributed by atoms with Gasteiger partial charge in [-0.2, -0.15) is 0 Å². The Hall–Kier alpha value is -1.88. The zero-order valence-electron chi connectivity index (χ0n) is 12.7. The van der Waals surface area contributed by atoms with Crippen LogP contribution >= 0.6 is 0 Å². The molecule has 0 saturated carbocycles. The summed E-state index contributed by atoms with van der Waals surface area (Å²) in [4.78, 5) is 18.4. The number of fused-ring (bicyclic) bond motifs is 1. The Morgan fingerprint density at radius 2 is 2.19 bits per heavy atom. The molecular weight excluding hydrogens is 266 g/mol. The molecule has 0 radical (unpaired) electrons. The summed E-state index contributed by atoms with van der Waals surface area (Å²) in [5, 5.41) is 9.46. The summed E-state index contributed by atoms with van der Waals surface area (Å²) < 4.78 is 2.14. The minimum Gasteiger partial charge on any atom is -0.478 e. The number of benzene rings is 1. The highest BCUT2D eigenvalue weighted by Crippen LogP contribution is 2.32. The number of aromatic nitrogens is 2. The van der Waals surface area contributed by atoms with Crippen molar-refractivity contribution in [3.8, 4) is 0 Å². The summed E-state index contributed by atoms with van der Waals surface area (Å²) in [6.07, 6.45) is 2.05. The molecule has 0 amide bonds. The molecule has 5 nitrogen and oxygen atoms in total. The maximum atomic E-state index is 11.5. The van der Waals surface area contributed by atoms with Gasteiger partial charge in [0.2, 0.25) is 0 Å². The molecule has 5 heteroatoms. The van der Waals surface area contributed by atoms with Crippen LogP contribution in [0.2, 0.25) is 0 Å². The highest BCUT2D eigenvalue weighted by molar-refractivity contribution is 6.01. The van der Waals surface area contributed by atoms with E-state index < -0.39 is 5.97 Å². The Morgan fingerprint density at radius 1 is 1.43 bits per heavy atom. The molecule has 21 heavy (non-hydrogen) atoms. The maximum Gasteiger partial charge on any atom is 0.337 e. The van der Waals surface area contributed by atoms with Crippen molar-refractivity contribution >= 4 is 17.0 Å². The number of rotatable bonds is 2. The van der Waals surface area contributed by atoms with Crippen LogP contribution in [0.15, 0.2) is 18.2 Å². The maximum absolute atomic E-state index is 11.5. The van der Waals surface area contributed by atoms with Crippen molar-refractivity contribution < 1.29 is 9.90 Å². The lowest BCUT2D eigenvalue weighted by molar-refractivity contribution is 0.0698. The first kappa shape index (κ1) is 14.1.